The van der Waals surface area contributed by atoms with Crippen LogP contribution in [0.25, 0.3) is 10.2 Å². The highest BCUT2D eigenvalue weighted by molar-refractivity contribution is 7.22. The van der Waals surface area contributed by atoms with Crippen LogP contribution in [0.5, 0.6) is 5.75 Å². The summed E-state index contributed by atoms with van der Waals surface area (Å²) in [6, 6.07) is 5.53. The Morgan fingerprint density at radius 1 is 1.42 bits per heavy atom. The van der Waals surface area contributed by atoms with Crippen molar-refractivity contribution in [3.8, 4) is 5.75 Å². The molecule has 3 N–H and O–H groups in total. The lowest BCUT2D eigenvalue weighted by Gasteiger charge is -2.31. The minimum atomic E-state index is -0.277. The molecule has 0 atom stereocenters. The first-order valence-corrected chi connectivity index (χ1v) is 8.66. The Balaban J connectivity index is 1.62. The molecule has 0 spiro atoms. The maximum absolute atomic E-state index is 12.4. The van der Waals surface area contributed by atoms with Gasteiger partial charge in [0, 0.05) is 19.5 Å². The highest BCUT2D eigenvalue weighted by Gasteiger charge is 2.24. The van der Waals surface area contributed by atoms with Crippen LogP contribution >= 0.6 is 11.3 Å². The SMILES string of the molecule is COc1cccc2sc(NC(=O)N3CCC(CC(N)=O)CC3)nc12. The highest BCUT2D eigenvalue weighted by atomic mass is 32.1. The number of benzene rings is 1. The monoisotopic (exact) mass is 348 g/mol. The van der Waals surface area contributed by atoms with Crippen molar-refractivity contribution >= 4 is 38.6 Å². The van der Waals surface area contributed by atoms with Crippen molar-refractivity contribution in [1.29, 1.82) is 0 Å². The standard InChI is InChI=1S/C16H20N4O3S/c1-23-11-3-2-4-12-14(11)18-15(24-12)19-16(22)20-7-5-10(6-8-20)9-13(17)21/h2-4,10H,5-9H2,1H3,(H2,17,21)(H,18,19,22). The number of methoxy groups -OCH3 is 1. The van der Waals surface area contributed by atoms with Gasteiger partial charge in [-0.25, -0.2) is 9.78 Å². The number of para-hydroxylation sites is 1. The largest absolute Gasteiger partial charge is 0.494 e. The number of primary amides is 1. The normalized spacial score (nSPS) is 15.5. The molecular weight excluding hydrogens is 328 g/mol. The summed E-state index contributed by atoms with van der Waals surface area (Å²) < 4.78 is 6.25. The molecule has 3 amide bonds. The van der Waals surface area contributed by atoms with Crippen molar-refractivity contribution in [2.24, 2.45) is 11.7 Å². The first-order chi connectivity index (χ1) is 11.6. The quantitative estimate of drug-likeness (QED) is 0.886. The summed E-state index contributed by atoms with van der Waals surface area (Å²) in [6.07, 6.45) is 1.99. The van der Waals surface area contributed by atoms with Crippen LogP contribution in [0.15, 0.2) is 18.2 Å². The third-order valence-electron chi connectivity index (χ3n) is 4.21. The van der Waals surface area contributed by atoms with Crippen molar-refractivity contribution in [1.82, 2.24) is 9.88 Å². The summed E-state index contributed by atoms with van der Waals surface area (Å²) in [5.74, 6) is 0.691. The molecule has 1 aliphatic heterocycles. The van der Waals surface area contributed by atoms with Crippen LogP contribution in [0.4, 0.5) is 9.93 Å². The number of nitrogens with two attached hydrogens (primary N) is 1. The Bertz CT molecular complexity index is 753. The summed E-state index contributed by atoms with van der Waals surface area (Å²) in [5, 5.41) is 3.41. The second-order valence-corrected chi connectivity index (χ2v) is 6.89. The number of carbonyl (C=O) groups excluding carboxylic acids is 2. The third-order valence-corrected chi connectivity index (χ3v) is 5.14. The molecule has 0 radical (unpaired) electrons. The third kappa shape index (κ3) is 3.59. The van der Waals surface area contributed by atoms with Gasteiger partial charge in [0.2, 0.25) is 5.91 Å². The zero-order valence-electron chi connectivity index (χ0n) is 13.4. The molecular formula is C16H20N4O3S. The summed E-state index contributed by atoms with van der Waals surface area (Å²) in [5.41, 5.74) is 5.98. The Hall–Kier alpha value is -2.35. The van der Waals surface area contributed by atoms with Crippen molar-refractivity contribution in [3.63, 3.8) is 0 Å². The van der Waals surface area contributed by atoms with Gasteiger partial charge in [0.25, 0.3) is 0 Å². The molecule has 0 bridgehead atoms. The Labute approximate surface area is 143 Å². The number of piperidine rings is 1. The van der Waals surface area contributed by atoms with E-state index in [9.17, 15) is 9.59 Å². The lowest BCUT2D eigenvalue weighted by molar-refractivity contribution is -0.119. The van der Waals surface area contributed by atoms with Gasteiger partial charge in [0.1, 0.15) is 11.3 Å². The molecule has 0 aliphatic carbocycles. The second-order valence-electron chi connectivity index (χ2n) is 5.86. The number of ether oxygens (including phenoxy) is 1. The second kappa shape index (κ2) is 7.04. The molecule has 2 heterocycles. The summed E-state index contributed by atoms with van der Waals surface area (Å²) >= 11 is 1.42. The maximum atomic E-state index is 12.4. The fourth-order valence-corrected chi connectivity index (χ4v) is 3.81. The minimum Gasteiger partial charge on any atom is -0.494 e. The molecule has 2 aromatic rings. The number of amides is 3. The minimum absolute atomic E-state index is 0.162. The number of nitrogens with zero attached hydrogens (tertiary/aromatic N) is 2. The van der Waals surface area contributed by atoms with Gasteiger partial charge in [-0.2, -0.15) is 0 Å². The van der Waals surface area contributed by atoms with E-state index in [1.165, 1.54) is 11.3 Å². The summed E-state index contributed by atoms with van der Waals surface area (Å²) in [7, 11) is 1.60. The number of anilines is 1. The fourth-order valence-electron chi connectivity index (χ4n) is 2.94. The van der Waals surface area contributed by atoms with Gasteiger partial charge in [-0.1, -0.05) is 17.4 Å². The van der Waals surface area contributed by atoms with E-state index in [4.69, 9.17) is 10.5 Å². The van der Waals surface area contributed by atoms with Crippen molar-refractivity contribution in [2.75, 3.05) is 25.5 Å². The average Bonchev–Trinajstić information content (AvgIpc) is 2.97. The lowest BCUT2D eigenvalue weighted by atomic mass is 9.93. The zero-order valence-corrected chi connectivity index (χ0v) is 14.3. The van der Waals surface area contributed by atoms with E-state index < -0.39 is 0 Å². The maximum Gasteiger partial charge on any atom is 0.323 e. The zero-order chi connectivity index (χ0) is 17.1. The Morgan fingerprint density at radius 2 is 2.17 bits per heavy atom. The molecule has 128 valence electrons. The van der Waals surface area contributed by atoms with Crippen LogP contribution in [0.1, 0.15) is 19.3 Å². The number of urea groups is 1. The van der Waals surface area contributed by atoms with E-state index in [0.717, 1.165) is 23.1 Å². The van der Waals surface area contributed by atoms with Gasteiger partial charge >= 0.3 is 6.03 Å². The van der Waals surface area contributed by atoms with Crippen LogP contribution in [-0.4, -0.2) is 42.0 Å². The van der Waals surface area contributed by atoms with E-state index in [0.29, 0.717) is 30.4 Å². The van der Waals surface area contributed by atoms with E-state index >= 15 is 0 Å². The molecule has 1 aromatic heterocycles. The van der Waals surface area contributed by atoms with E-state index in [1.807, 2.05) is 18.2 Å². The molecule has 1 fully saturated rings. The van der Waals surface area contributed by atoms with Gasteiger partial charge in [0.05, 0.1) is 11.8 Å². The number of thiazole rings is 1. The van der Waals surface area contributed by atoms with Crippen LogP contribution < -0.4 is 15.8 Å². The first kappa shape index (κ1) is 16.5. The first-order valence-electron chi connectivity index (χ1n) is 7.84. The lowest BCUT2D eigenvalue weighted by Crippen LogP contribution is -2.41. The van der Waals surface area contributed by atoms with Gasteiger partial charge in [-0.15, -0.1) is 0 Å². The molecule has 0 unspecified atom stereocenters. The van der Waals surface area contributed by atoms with Gasteiger partial charge in [0.15, 0.2) is 5.13 Å². The summed E-state index contributed by atoms with van der Waals surface area (Å²) in [4.78, 5) is 29.6. The number of hydrogen-bond donors (Lipinski definition) is 2. The number of nitrogens with one attached hydrogen (secondary N) is 1. The molecule has 8 heteroatoms. The van der Waals surface area contributed by atoms with Crippen LogP contribution in [0, 0.1) is 5.92 Å². The molecule has 0 saturated carbocycles. The van der Waals surface area contributed by atoms with Crippen molar-refractivity contribution in [3.05, 3.63) is 18.2 Å². The molecule has 1 aromatic carbocycles. The van der Waals surface area contributed by atoms with E-state index in [1.54, 1.807) is 12.0 Å². The number of aromatic nitrogens is 1. The van der Waals surface area contributed by atoms with Crippen LogP contribution in [0.2, 0.25) is 0 Å². The van der Waals surface area contributed by atoms with Gasteiger partial charge in [-0.05, 0) is 30.9 Å². The predicted octanol–water partition coefficient (Wildman–Crippen LogP) is 2.42. The predicted molar refractivity (Wildman–Crippen MR) is 93.3 cm³/mol. The van der Waals surface area contributed by atoms with E-state index in [-0.39, 0.29) is 17.9 Å². The molecule has 1 saturated heterocycles. The van der Waals surface area contributed by atoms with E-state index in [2.05, 4.69) is 10.3 Å². The van der Waals surface area contributed by atoms with Crippen LogP contribution in [-0.2, 0) is 4.79 Å². The number of hydrogen-bond acceptors (Lipinski definition) is 5. The molecule has 7 nitrogen and oxygen atoms in total. The Morgan fingerprint density at radius 3 is 2.83 bits per heavy atom. The van der Waals surface area contributed by atoms with Crippen molar-refractivity contribution < 1.29 is 14.3 Å². The molecule has 1 aliphatic rings. The van der Waals surface area contributed by atoms with Gasteiger partial charge in [-0.3, -0.25) is 10.1 Å². The molecule has 24 heavy (non-hydrogen) atoms. The fraction of sp³-hybridized carbons (Fsp3) is 0.438. The smallest absolute Gasteiger partial charge is 0.323 e. The molecule has 3 rings (SSSR count). The topological polar surface area (TPSA) is 97.5 Å². The van der Waals surface area contributed by atoms with Crippen LogP contribution in [0.3, 0.4) is 0 Å². The number of fused-ring (bicyclic) bond motifs is 1. The van der Waals surface area contributed by atoms with Gasteiger partial charge < -0.3 is 15.4 Å². The average molecular weight is 348 g/mol. The Kier molecular flexibility index (Phi) is 4.84. The number of carbonyl (C=O) groups is 2. The number of rotatable bonds is 4. The number of likely N-dealkylation sites (tertiary alicyclic amines) is 1. The highest BCUT2D eigenvalue weighted by Crippen LogP contribution is 2.32. The summed E-state index contributed by atoms with van der Waals surface area (Å²) in [6.45, 7) is 1.25. The van der Waals surface area contributed by atoms with Crippen molar-refractivity contribution in [2.45, 2.75) is 19.3 Å².